The number of nitrogens with one attached hydrogen (secondary N) is 1. The third-order valence-corrected chi connectivity index (χ3v) is 5.70. The van der Waals surface area contributed by atoms with Crippen LogP contribution in [0.15, 0.2) is 23.1 Å². The first-order valence-electron chi connectivity index (χ1n) is 8.17. The number of hydrogen-bond donors (Lipinski definition) is 1. The molecule has 1 aromatic rings. The van der Waals surface area contributed by atoms with E-state index in [1.165, 1.54) is 26.2 Å². The molecule has 0 heterocycles. The molecule has 1 rings (SSSR count). The number of likely N-dealkylation sites (N-methyl/N-ethyl adjacent to an activating group) is 1. The monoisotopic (exact) mass is 386 g/mol. The normalized spacial score (nSPS) is 11.9. The first-order valence-corrected chi connectivity index (χ1v) is 9.61. The Kier molecular flexibility index (Phi) is 7.10. The highest BCUT2D eigenvalue weighted by Crippen LogP contribution is 2.28. The minimum atomic E-state index is -4.05. The Morgan fingerprint density at radius 2 is 1.77 bits per heavy atom. The minimum absolute atomic E-state index is 0.0744. The van der Waals surface area contributed by atoms with Crippen LogP contribution >= 0.6 is 0 Å². The third-order valence-electron chi connectivity index (χ3n) is 3.90. The van der Waals surface area contributed by atoms with Crippen molar-refractivity contribution in [2.75, 3.05) is 26.0 Å². The van der Waals surface area contributed by atoms with Gasteiger partial charge < -0.3 is 10.2 Å². The van der Waals surface area contributed by atoms with E-state index in [-0.39, 0.29) is 40.8 Å². The molecule has 1 N–H and O–H groups in total. The molecule has 9 nitrogen and oxygen atoms in total. The summed E-state index contributed by atoms with van der Waals surface area (Å²) in [6.45, 7) is 7.07. The maximum Gasteiger partial charge on any atom is 0.293 e. The predicted molar refractivity (Wildman–Crippen MR) is 99.6 cm³/mol. The van der Waals surface area contributed by atoms with Gasteiger partial charge in [0.15, 0.2) is 0 Å². The molecular formula is C16H26N4O5S. The zero-order chi connectivity index (χ0) is 20.2. The van der Waals surface area contributed by atoms with Crippen molar-refractivity contribution in [1.82, 2.24) is 9.21 Å². The Labute approximate surface area is 154 Å². The smallest absolute Gasteiger partial charge is 0.293 e. The zero-order valence-corrected chi connectivity index (χ0v) is 16.7. The van der Waals surface area contributed by atoms with Crippen LogP contribution in [-0.2, 0) is 14.8 Å². The number of carbonyl (C=O) groups excluding carboxylic acids is 1. The summed E-state index contributed by atoms with van der Waals surface area (Å²) in [5, 5.41) is 13.8. The quantitative estimate of drug-likeness (QED) is 0.539. The van der Waals surface area contributed by atoms with Gasteiger partial charge in [0.25, 0.3) is 5.69 Å². The van der Waals surface area contributed by atoms with Gasteiger partial charge in [-0.1, -0.05) is 0 Å². The summed E-state index contributed by atoms with van der Waals surface area (Å²) in [5.41, 5.74) is -0.141. The third kappa shape index (κ3) is 4.70. The van der Waals surface area contributed by atoms with Crippen LogP contribution in [0, 0.1) is 10.1 Å². The van der Waals surface area contributed by atoms with Crippen molar-refractivity contribution in [3.8, 4) is 0 Å². The summed E-state index contributed by atoms with van der Waals surface area (Å²) in [6.07, 6.45) is 0. The SMILES string of the molecule is CNc1ccc(S(=O)(=O)N(C)CC(=O)N(C(C)C)C(C)C)cc1[N+](=O)[O-]. The molecule has 0 saturated carbocycles. The molecule has 0 aliphatic rings. The molecule has 0 aliphatic carbocycles. The zero-order valence-electron chi connectivity index (χ0n) is 15.9. The van der Waals surface area contributed by atoms with Gasteiger partial charge in [-0.25, -0.2) is 8.42 Å². The number of anilines is 1. The van der Waals surface area contributed by atoms with E-state index in [4.69, 9.17) is 0 Å². The molecule has 0 aliphatic heterocycles. The van der Waals surface area contributed by atoms with E-state index in [0.29, 0.717) is 0 Å². The molecule has 1 amide bonds. The molecule has 0 saturated heterocycles. The Morgan fingerprint density at radius 1 is 1.23 bits per heavy atom. The van der Waals surface area contributed by atoms with Gasteiger partial charge in [0.2, 0.25) is 15.9 Å². The van der Waals surface area contributed by atoms with Crippen LogP contribution in [0.4, 0.5) is 11.4 Å². The molecule has 0 fully saturated rings. The van der Waals surface area contributed by atoms with Crippen molar-refractivity contribution in [1.29, 1.82) is 0 Å². The van der Waals surface area contributed by atoms with Crippen molar-refractivity contribution < 1.29 is 18.1 Å². The molecular weight excluding hydrogens is 360 g/mol. The highest BCUT2D eigenvalue weighted by atomic mass is 32.2. The van der Waals surface area contributed by atoms with Crippen molar-refractivity contribution in [3.63, 3.8) is 0 Å². The number of hydrogen-bond acceptors (Lipinski definition) is 6. The van der Waals surface area contributed by atoms with E-state index in [1.807, 2.05) is 27.7 Å². The summed E-state index contributed by atoms with van der Waals surface area (Å²) in [5.74, 6) is -0.331. The van der Waals surface area contributed by atoms with Crippen LogP contribution < -0.4 is 5.32 Å². The Morgan fingerprint density at radius 3 is 2.19 bits per heavy atom. The lowest BCUT2D eigenvalue weighted by Crippen LogP contribution is -2.47. The maximum atomic E-state index is 12.7. The number of nitro groups is 1. The average Bonchev–Trinajstić information content (AvgIpc) is 2.52. The number of carbonyl (C=O) groups is 1. The number of benzene rings is 1. The number of rotatable bonds is 8. The van der Waals surface area contributed by atoms with E-state index >= 15 is 0 Å². The lowest BCUT2D eigenvalue weighted by Gasteiger charge is -2.32. The van der Waals surface area contributed by atoms with Gasteiger partial charge in [-0.15, -0.1) is 0 Å². The molecule has 146 valence electrons. The first-order chi connectivity index (χ1) is 11.9. The summed E-state index contributed by atoms with van der Waals surface area (Å²) in [4.78, 5) is 24.3. The Bertz CT molecular complexity index is 769. The van der Waals surface area contributed by atoms with Crippen LogP contribution in [0.1, 0.15) is 27.7 Å². The number of nitrogens with zero attached hydrogens (tertiary/aromatic N) is 3. The predicted octanol–water partition coefficient (Wildman–Crippen LogP) is 1.90. The summed E-state index contributed by atoms with van der Waals surface area (Å²) < 4.78 is 26.3. The van der Waals surface area contributed by atoms with E-state index in [1.54, 1.807) is 4.90 Å². The summed E-state index contributed by atoms with van der Waals surface area (Å²) >= 11 is 0. The van der Waals surface area contributed by atoms with Crippen LogP contribution in [0.2, 0.25) is 0 Å². The van der Waals surface area contributed by atoms with Crippen LogP contribution in [0.5, 0.6) is 0 Å². The number of sulfonamides is 1. The van der Waals surface area contributed by atoms with Gasteiger partial charge in [0.1, 0.15) is 5.69 Å². The van der Waals surface area contributed by atoms with Gasteiger partial charge in [-0.05, 0) is 39.8 Å². The second kappa shape index (κ2) is 8.45. The molecule has 26 heavy (non-hydrogen) atoms. The molecule has 10 heteroatoms. The van der Waals surface area contributed by atoms with E-state index in [0.717, 1.165) is 10.4 Å². The molecule has 0 spiro atoms. The minimum Gasteiger partial charge on any atom is -0.383 e. The van der Waals surface area contributed by atoms with Crippen molar-refractivity contribution in [2.24, 2.45) is 0 Å². The fraction of sp³-hybridized carbons (Fsp3) is 0.562. The highest BCUT2D eigenvalue weighted by molar-refractivity contribution is 7.89. The van der Waals surface area contributed by atoms with E-state index in [9.17, 15) is 23.3 Å². The summed E-state index contributed by atoms with van der Waals surface area (Å²) in [6, 6.07) is 3.45. The Balaban J connectivity index is 3.16. The number of nitro benzene ring substituents is 1. The van der Waals surface area contributed by atoms with Crippen molar-refractivity contribution >= 4 is 27.3 Å². The van der Waals surface area contributed by atoms with Crippen LogP contribution in [0.25, 0.3) is 0 Å². The molecule has 0 aromatic heterocycles. The number of amides is 1. The van der Waals surface area contributed by atoms with Gasteiger partial charge in [0.05, 0.1) is 16.4 Å². The molecule has 1 aromatic carbocycles. The standard InChI is InChI=1S/C16H26N4O5S/c1-11(2)19(12(3)4)16(21)10-18(6)26(24,25)13-7-8-14(17-5)15(9-13)20(22)23/h7-9,11-12,17H,10H2,1-6H3. The lowest BCUT2D eigenvalue weighted by molar-refractivity contribution is -0.384. The first kappa shape index (κ1) is 21.8. The van der Waals surface area contributed by atoms with Crippen molar-refractivity contribution in [2.45, 2.75) is 44.7 Å². The molecule has 0 atom stereocenters. The van der Waals surface area contributed by atoms with Crippen LogP contribution in [0.3, 0.4) is 0 Å². The molecule has 0 radical (unpaired) electrons. The van der Waals surface area contributed by atoms with Crippen molar-refractivity contribution in [3.05, 3.63) is 28.3 Å². The van der Waals surface area contributed by atoms with Gasteiger partial charge in [-0.3, -0.25) is 14.9 Å². The molecule has 0 unspecified atom stereocenters. The highest BCUT2D eigenvalue weighted by Gasteiger charge is 2.29. The van der Waals surface area contributed by atoms with Crippen LogP contribution in [-0.4, -0.2) is 61.2 Å². The second-order valence-corrected chi connectivity index (χ2v) is 8.48. The van der Waals surface area contributed by atoms with E-state index < -0.39 is 14.9 Å². The fourth-order valence-corrected chi connectivity index (χ4v) is 3.88. The Hall–Kier alpha value is -2.20. The lowest BCUT2D eigenvalue weighted by atomic mass is 10.2. The van der Waals surface area contributed by atoms with E-state index in [2.05, 4.69) is 5.32 Å². The van der Waals surface area contributed by atoms with Gasteiger partial charge >= 0.3 is 0 Å². The van der Waals surface area contributed by atoms with Gasteiger partial charge in [-0.2, -0.15) is 4.31 Å². The molecule has 0 bridgehead atoms. The second-order valence-electron chi connectivity index (χ2n) is 6.44. The van der Waals surface area contributed by atoms with Gasteiger partial charge in [0, 0.05) is 32.2 Å². The summed E-state index contributed by atoms with van der Waals surface area (Å²) in [7, 11) is -1.26. The maximum absolute atomic E-state index is 12.7. The topological polar surface area (TPSA) is 113 Å². The fourth-order valence-electron chi connectivity index (χ4n) is 2.74. The average molecular weight is 386 g/mol. The largest absolute Gasteiger partial charge is 0.383 e.